The number of aromatic nitrogens is 6. The van der Waals surface area contributed by atoms with Gasteiger partial charge in [-0.25, -0.2) is 0 Å². The van der Waals surface area contributed by atoms with Crippen LogP contribution in [0.1, 0.15) is 25.0 Å². The van der Waals surface area contributed by atoms with Crippen LogP contribution in [0, 0.1) is 17.0 Å². The second-order valence-electron chi connectivity index (χ2n) is 5.77. The van der Waals surface area contributed by atoms with Crippen LogP contribution < -0.4 is 5.32 Å². The summed E-state index contributed by atoms with van der Waals surface area (Å²) < 4.78 is 3.17. The summed E-state index contributed by atoms with van der Waals surface area (Å²) in [6.07, 6.45) is 2.11. The Morgan fingerprint density at radius 1 is 1.33 bits per heavy atom. The van der Waals surface area contributed by atoms with E-state index in [1.54, 1.807) is 28.3 Å². The molecule has 0 saturated carbocycles. The van der Waals surface area contributed by atoms with E-state index in [4.69, 9.17) is 0 Å². The number of nitrogens with zero attached hydrogens (tertiary/aromatic N) is 7. The highest BCUT2D eigenvalue weighted by atomic mass is 16.6. The minimum Gasteiger partial charge on any atom is -0.358 e. The van der Waals surface area contributed by atoms with E-state index in [0.717, 1.165) is 0 Å². The first-order chi connectivity index (χ1) is 13.0. The Morgan fingerprint density at radius 3 is 2.81 bits per heavy atom. The van der Waals surface area contributed by atoms with E-state index in [-0.39, 0.29) is 24.7 Å². The Bertz CT molecular complexity index is 978. The number of benzene rings is 1. The third kappa shape index (κ3) is 3.97. The van der Waals surface area contributed by atoms with Gasteiger partial charge < -0.3 is 20.0 Å². The number of imidazole rings is 1. The molecule has 2 aromatic heterocycles. The third-order valence-electron chi connectivity index (χ3n) is 3.99. The van der Waals surface area contributed by atoms with Crippen molar-refractivity contribution in [3.63, 3.8) is 0 Å². The van der Waals surface area contributed by atoms with Crippen molar-refractivity contribution in [2.45, 2.75) is 33.2 Å². The highest BCUT2D eigenvalue weighted by molar-refractivity contribution is 5.92. The number of hydrogen-bond acceptors (Lipinski definition) is 7. The molecule has 11 nitrogen and oxygen atoms in total. The molecule has 0 unspecified atom stereocenters. The van der Waals surface area contributed by atoms with Crippen LogP contribution in [-0.2, 0) is 17.8 Å². The van der Waals surface area contributed by atoms with Crippen LogP contribution in [0.15, 0.2) is 30.5 Å². The Hall–Kier alpha value is -3.63. The van der Waals surface area contributed by atoms with Gasteiger partial charge in [-0.1, -0.05) is 19.1 Å². The van der Waals surface area contributed by atoms with Crippen LogP contribution in [0.4, 0.5) is 11.5 Å². The molecule has 1 amide bonds. The standard InChI is InChI=1S/C16H18N8O3/c1-3-14-19-20-21-23(14)13-7-5-4-6-12(13)18-16(25)8-9-22-10-15(24(26)27)17-11(22)2/h4-7,10H,3,8-9H2,1-2H3,(H,18,25). The van der Waals surface area contributed by atoms with Crippen molar-refractivity contribution in [1.82, 2.24) is 29.8 Å². The molecule has 11 heteroatoms. The van der Waals surface area contributed by atoms with Crippen LogP contribution in [0.3, 0.4) is 0 Å². The Labute approximate surface area is 154 Å². The van der Waals surface area contributed by atoms with Crippen molar-refractivity contribution in [3.05, 3.63) is 52.2 Å². The van der Waals surface area contributed by atoms with Crippen LogP contribution >= 0.6 is 0 Å². The summed E-state index contributed by atoms with van der Waals surface area (Å²) >= 11 is 0. The first-order valence-corrected chi connectivity index (χ1v) is 8.34. The molecule has 0 radical (unpaired) electrons. The monoisotopic (exact) mass is 370 g/mol. The van der Waals surface area contributed by atoms with Gasteiger partial charge in [0.2, 0.25) is 11.7 Å². The Kier molecular flexibility index (Phi) is 5.20. The molecule has 27 heavy (non-hydrogen) atoms. The van der Waals surface area contributed by atoms with E-state index in [2.05, 4.69) is 25.8 Å². The maximum atomic E-state index is 12.4. The highest BCUT2D eigenvalue weighted by Gasteiger charge is 2.16. The summed E-state index contributed by atoms with van der Waals surface area (Å²) in [7, 11) is 0. The lowest BCUT2D eigenvalue weighted by molar-refractivity contribution is -0.389. The van der Waals surface area contributed by atoms with Crippen molar-refractivity contribution in [2.75, 3.05) is 5.32 Å². The van der Waals surface area contributed by atoms with Gasteiger partial charge in [0.05, 0.1) is 11.4 Å². The average Bonchev–Trinajstić information content (AvgIpc) is 3.27. The number of anilines is 1. The number of amides is 1. The molecule has 1 N–H and O–H groups in total. The Morgan fingerprint density at radius 2 is 2.11 bits per heavy atom. The van der Waals surface area contributed by atoms with Crippen molar-refractivity contribution in [1.29, 1.82) is 0 Å². The van der Waals surface area contributed by atoms with E-state index in [9.17, 15) is 14.9 Å². The van der Waals surface area contributed by atoms with Crippen LogP contribution in [0.25, 0.3) is 5.69 Å². The molecule has 2 heterocycles. The Balaban J connectivity index is 1.71. The molecular weight excluding hydrogens is 352 g/mol. The van der Waals surface area contributed by atoms with Gasteiger partial charge >= 0.3 is 5.82 Å². The number of aryl methyl sites for hydroxylation is 3. The normalized spacial score (nSPS) is 10.7. The van der Waals surface area contributed by atoms with Crippen molar-refractivity contribution >= 4 is 17.4 Å². The van der Waals surface area contributed by atoms with E-state index < -0.39 is 4.92 Å². The number of tetrazole rings is 1. The summed E-state index contributed by atoms with van der Waals surface area (Å²) in [5.41, 5.74) is 1.25. The van der Waals surface area contributed by atoms with Gasteiger partial charge in [0, 0.05) is 26.3 Å². The maximum absolute atomic E-state index is 12.4. The van der Waals surface area contributed by atoms with Gasteiger partial charge in [0.15, 0.2) is 5.82 Å². The van der Waals surface area contributed by atoms with Crippen LogP contribution in [0.5, 0.6) is 0 Å². The summed E-state index contributed by atoms with van der Waals surface area (Å²) in [6.45, 7) is 3.88. The average molecular weight is 370 g/mol. The van der Waals surface area contributed by atoms with Gasteiger partial charge in [-0.3, -0.25) is 4.79 Å². The maximum Gasteiger partial charge on any atom is 0.381 e. The number of carbonyl (C=O) groups excluding carboxylic acids is 1. The number of nitrogens with one attached hydrogen (secondary N) is 1. The van der Waals surface area contributed by atoms with Gasteiger partial charge in [0.25, 0.3) is 0 Å². The second kappa shape index (κ2) is 7.72. The molecule has 0 spiro atoms. The van der Waals surface area contributed by atoms with Gasteiger partial charge in [-0.05, 0) is 32.5 Å². The molecule has 1 aromatic carbocycles. The van der Waals surface area contributed by atoms with E-state index in [1.165, 1.54) is 6.20 Å². The van der Waals surface area contributed by atoms with E-state index >= 15 is 0 Å². The van der Waals surface area contributed by atoms with Gasteiger partial charge in [0.1, 0.15) is 6.20 Å². The molecule has 0 fully saturated rings. The fourth-order valence-corrected chi connectivity index (χ4v) is 2.62. The smallest absolute Gasteiger partial charge is 0.358 e. The van der Waals surface area contributed by atoms with Crippen molar-refractivity contribution < 1.29 is 9.72 Å². The largest absolute Gasteiger partial charge is 0.381 e. The van der Waals surface area contributed by atoms with Crippen LogP contribution in [-0.4, -0.2) is 40.6 Å². The lowest BCUT2D eigenvalue weighted by Gasteiger charge is -2.11. The van der Waals surface area contributed by atoms with Gasteiger partial charge in [-0.2, -0.15) is 4.68 Å². The van der Waals surface area contributed by atoms with Crippen molar-refractivity contribution in [3.8, 4) is 5.69 Å². The fourth-order valence-electron chi connectivity index (χ4n) is 2.62. The molecule has 3 rings (SSSR count). The number of hydrogen-bond donors (Lipinski definition) is 1. The number of nitro groups is 1. The number of carbonyl (C=O) groups is 1. The van der Waals surface area contributed by atoms with Crippen LogP contribution in [0.2, 0.25) is 0 Å². The topological polar surface area (TPSA) is 134 Å². The molecule has 0 bridgehead atoms. The molecule has 0 aliphatic carbocycles. The number of rotatable bonds is 7. The van der Waals surface area contributed by atoms with Gasteiger partial charge in [-0.15, -0.1) is 5.10 Å². The zero-order chi connectivity index (χ0) is 19.4. The zero-order valence-electron chi connectivity index (χ0n) is 14.9. The third-order valence-corrected chi connectivity index (χ3v) is 3.99. The predicted molar refractivity (Wildman–Crippen MR) is 95.4 cm³/mol. The summed E-state index contributed by atoms with van der Waals surface area (Å²) in [4.78, 5) is 26.4. The molecule has 0 aliphatic heterocycles. The molecule has 0 aliphatic rings. The molecule has 140 valence electrons. The molecule has 0 atom stereocenters. The van der Waals surface area contributed by atoms with E-state index in [0.29, 0.717) is 29.4 Å². The first kappa shape index (κ1) is 18.2. The highest BCUT2D eigenvalue weighted by Crippen LogP contribution is 2.20. The first-order valence-electron chi connectivity index (χ1n) is 8.34. The summed E-state index contributed by atoms with van der Waals surface area (Å²) in [5, 5.41) is 25.2. The molecule has 0 saturated heterocycles. The lowest BCUT2D eigenvalue weighted by atomic mass is 10.2. The molecule has 3 aromatic rings. The zero-order valence-corrected chi connectivity index (χ0v) is 14.9. The lowest BCUT2D eigenvalue weighted by Crippen LogP contribution is -2.16. The summed E-state index contributed by atoms with van der Waals surface area (Å²) in [6, 6.07) is 7.22. The molecular formula is C16H18N8O3. The fraction of sp³-hybridized carbons (Fsp3) is 0.312. The predicted octanol–water partition coefficient (Wildman–Crippen LogP) is 1.67. The minimum atomic E-state index is -0.558. The van der Waals surface area contributed by atoms with E-state index in [1.807, 2.05) is 19.1 Å². The van der Waals surface area contributed by atoms with Crippen molar-refractivity contribution in [2.24, 2.45) is 0 Å². The SMILES string of the molecule is CCc1nnnn1-c1ccccc1NC(=O)CCn1cc([N+](=O)[O-])nc1C. The minimum absolute atomic E-state index is 0.138. The summed E-state index contributed by atoms with van der Waals surface area (Å²) in [5.74, 6) is 0.697. The number of para-hydroxylation sites is 2. The quantitative estimate of drug-likeness (QED) is 0.494. The second-order valence-corrected chi connectivity index (χ2v) is 5.77.